The topological polar surface area (TPSA) is 66.6 Å². The maximum absolute atomic E-state index is 12.5. The molecule has 1 aromatic carbocycles. The van der Waals surface area contributed by atoms with Crippen molar-refractivity contribution in [1.82, 2.24) is 9.80 Å². The molecule has 26 heavy (non-hydrogen) atoms. The minimum atomic E-state index is -0.539. The van der Waals surface area contributed by atoms with Crippen molar-refractivity contribution >= 4 is 23.4 Å². The summed E-state index contributed by atoms with van der Waals surface area (Å²) in [6.45, 7) is 4.15. The van der Waals surface area contributed by atoms with E-state index >= 15 is 0 Å². The first-order valence-corrected chi connectivity index (χ1v) is 10.0. The van der Waals surface area contributed by atoms with Crippen molar-refractivity contribution in [3.05, 3.63) is 34.3 Å². The van der Waals surface area contributed by atoms with Crippen LogP contribution >= 0.6 is 11.6 Å². The number of hydrogen-bond acceptors (Lipinski definition) is 3. The summed E-state index contributed by atoms with van der Waals surface area (Å²) in [5, 5.41) is 0.354. The van der Waals surface area contributed by atoms with Gasteiger partial charge in [0.1, 0.15) is 0 Å². The van der Waals surface area contributed by atoms with Crippen molar-refractivity contribution in [1.29, 1.82) is 0 Å². The van der Waals surface area contributed by atoms with Gasteiger partial charge in [0.05, 0.1) is 10.6 Å². The van der Waals surface area contributed by atoms with Crippen molar-refractivity contribution in [3.63, 3.8) is 0 Å². The van der Waals surface area contributed by atoms with Crippen LogP contribution in [-0.4, -0.2) is 53.8 Å². The molecule has 0 aliphatic carbocycles. The molecule has 0 bridgehead atoms. The van der Waals surface area contributed by atoms with Crippen LogP contribution in [0.15, 0.2) is 18.2 Å². The van der Waals surface area contributed by atoms with Gasteiger partial charge in [0.25, 0.3) is 0 Å². The number of aryl methyl sites for hydroxylation is 1. The Morgan fingerprint density at radius 2 is 1.77 bits per heavy atom. The minimum absolute atomic E-state index is 0.192. The third kappa shape index (κ3) is 4.77. The van der Waals surface area contributed by atoms with E-state index < -0.39 is 5.91 Å². The molecule has 0 radical (unpaired) electrons. The van der Waals surface area contributed by atoms with Crippen LogP contribution in [0.5, 0.6) is 0 Å². The Morgan fingerprint density at radius 1 is 1.08 bits per heavy atom. The van der Waals surface area contributed by atoms with Crippen LogP contribution in [0.2, 0.25) is 5.02 Å². The molecule has 142 valence electrons. The SMILES string of the molecule is NC(=O)c1cc(CCC(=O)N2CCC(N3CCCCC3)CC2)ccc1Cl. The first-order chi connectivity index (χ1) is 12.5. The second-order valence-corrected chi connectivity index (χ2v) is 7.79. The maximum atomic E-state index is 12.5. The van der Waals surface area contributed by atoms with Crippen LogP contribution in [0.3, 0.4) is 0 Å². The van der Waals surface area contributed by atoms with E-state index in [9.17, 15) is 9.59 Å². The number of likely N-dealkylation sites (tertiary alicyclic amines) is 2. The molecule has 1 aromatic rings. The van der Waals surface area contributed by atoms with Gasteiger partial charge in [0.15, 0.2) is 0 Å². The predicted molar refractivity (Wildman–Crippen MR) is 103 cm³/mol. The minimum Gasteiger partial charge on any atom is -0.366 e. The lowest BCUT2D eigenvalue weighted by Crippen LogP contribution is -2.48. The Kier molecular flexibility index (Phi) is 6.54. The largest absolute Gasteiger partial charge is 0.366 e. The molecule has 3 rings (SSSR count). The fourth-order valence-corrected chi connectivity index (χ4v) is 4.30. The Bertz CT molecular complexity index is 650. The lowest BCUT2D eigenvalue weighted by molar-refractivity contribution is -0.132. The summed E-state index contributed by atoms with van der Waals surface area (Å²) >= 11 is 5.97. The summed E-state index contributed by atoms with van der Waals surface area (Å²) in [6, 6.07) is 5.87. The van der Waals surface area contributed by atoms with Crippen LogP contribution in [-0.2, 0) is 11.2 Å². The molecule has 0 atom stereocenters. The summed E-state index contributed by atoms with van der Waals surface area (Å²) in [5.74, 6) is -0.347. The van der Waals surface area contributed by atoms with Crippen molar-refractivity contribution in [2.45, 2.75) is 51.0 Å². The zero-order valence-corrected chi connectivity index (χ0v) is 16.0. The summed E-state index contributed by atoms with van der Waals surface area (Å²) in [5.41, 5.74) is 6.56. The first kappa shape index (κ1) is 19.2. The summed E-state index contributed by atoms with van der Waals surface area (Å²) in [6.07, 6.45) is 7.20. The highest BCUT2D eigenvalue weighted by atomic mass is 35.5. The molecule has 2 heterocycles. The third-order valence-corrected chi connectivity index (χ3v) is 5.98. The van der Waals surface area contributed by atoms with Crippen molar-refractivity contribution < 1.29 is 9.59 Å². The number of hydrogen-bond donors (Lipinski definition) is 1. The van der Waals surface area contributed by atoms with Crippen molar-refractivity contribution in [2.24, 2.45) is 5.73 Å². The van der Waals surface area contributed by atoms with Gasteiger partial charge < -0.3 is 15.5 Å². The van der Waals surface area contributed by atoms with E-state index in [0.29, 0.717) is 29.5 Å². The van der Waals surface area contributed by atoms with E-state index in [1.807, 2.05) is 11.0 Å². The summed E-state index contributed by atoms with van der Waals surface area (Å²) in [4.78, 5) is 28.5. The molecule has 5 nitrogen and oxygen atoms in total. The molecule has 2 aliphatic rings. The van der Waals surface area contributed by atoms with Gasteiger partial charge in [-0.15, -0.1) is 0 Å². The zero-order valence-electron chi connectivity index (χ0n) is 15.3. The fourth-order valence-electron chi connectivity index (χ4n) is 4.09. The van der Waals surface area contributed by atoms with Crippen molar-refractivity contribution in [3.8, 4) is 0 Å². The second kappa shape index (κ2) is 8.87. The van der Waals surface area contributed by atoms with E-state index in [1.165, 1.54) is 32.4 Å². The van der Waals surface area contributed by atoms with Gasteiger partial charge in [-0.05, 0) is 62.9 Å². The van der Waals surface area contributed by atoms with Crippen LogP contribution in [0.1, 0.15) is 54.4 Å². The van der Waals surface area contributed by atoms with Gasteiger partial charge in [0.2, 0.25) is 11.8 Å². The van der Waals surface area contributed by atoms with Gasteiger partial charge >= 0.3 is 0 Å². The summed E-state index contributed by atoms with van der Waals surface area (Å²) < 4.78 is 0. The van der Waals surface area contributed by atoms with Crippen LogP contribution in [0, 0.1) is 0 Å². The van der Waals surface area contributed by atoms with Crippen LogP contribution in [0.4, 0.5) is 0 Å². The Morgan fingerprint density at radius 3 is 2.42 bits per heavy atom. The number of halogens is 1. The van der Waals surface area contributed by atoms with Gasteiger partial charge in [0, 0.05) is 25.6 Å². The average molecular weight is 378 g/mol. The maximum Gasteiger partial charge on any atom is 0.250 e. The molecule has 2 saturated heterocycles. The fraction of sp³-hybridized carbons (Fsp3) is 0.600. The highest BCUT2D eigenvalue weighted by Gasteiger charge is 2.27. The van der Waals surface area contributed by atoms with Gasteiger partial charge in [-0.25, -0.2) is 0 Å². The average Bonchev–Trinajstić information content (AvgIpc) is 2.67. The Balaban J connectivity index is 1.47. The number of piperidine rings is 2. The Hall–Kier alpha value is -1.59. The lowest BCUT2D eigenvalue weighted by Gasteiger charge is -2.40. The van der Waals surface area contributed by atoms with Crippen molar-refractivity contribution in [2.75, 3.05) is 26.2 Å². The smallest absolute Gasteiger partial charge is 0.250 e. The number of carbonyl (C=O) groups is 2. The van der Waals surface area contributed by atoms with Crippen LogP contribution < -0.4 is 5.73 Å². The molecule has 2 amide bonds. The Labute approximate surface area is 160 Å². The molecular formula is C20H28ClN3O2. The van der Waals surface area contributed by atoms with Gasteiger partial charge in [-0.2, -0.15) is 0 Å². The quantitative estimate of drug-likeness (QED) is 0.857. The van der Waals surface area contributed by atoms with Gasteiger partial charge in [-0.3, -0.25) is 9.59 Å². The molecule has 0 unspecified atom stereocenters. The van der Waals surface area contributed by atoms with Crippen LogP contribution in [0.25, 0.3) is 0 Å². The number of nitrogens with two attached hydrogens (primary N) is 1. The second-order valence-electron chi connectivity index (χ2n) is 7.39. The van der Waals surface area contributed by atoms with E-state index in [0.717, 1.165) is 31.5 Å². The highest BCUT2D eigenvalue weighted by Crippen LogP contribution is 2.22. The van der Waals surface area contributed by atoms with E-state index in [-0.39, 0.29) is 5.91 Å². The third-order valence-electron chi connectivity index (χ3n) is 5.65. The monoisotopic (exact) mass is 377 g/mol. The van der Waals surface area contributed by atoms with E-state index in [2.05, 4.69) is 4.90 Å². The lowest BCUT2D eigenvalue weighted by atomic mass is 9.99. The molecule has 6 heteroatoms. The molecule has 2 N–H and O–H groups in total. The molecule has 0 saturated carbocycles. The standard InChI is InChI=1S/C20H28ClN3O2/c21-18-6-4-15(14-17(18)20(22)26)5-7-19(25)24-12-8-16(9-13-24)23-10-2-1-3-11-23/h4,6,14,16H,1-3,5,7-13H2,(H2,22,26). The number of benzene rings is 1. The predicted octanol–water partition coefficient (Wildman–Crippen LogP) is 2.85. The molecule has 2 aliphatic heterocycles. The normalized spacial score (nSPS) is 19.5. The number of nitrogens with zero attached hydrogens (tertiary/aromatic N) is 2. The number of carbonyl (C=O) groups excluding carboxylic acids is 2. The number of primary amides is 1. The molecule has 0 spiro atoms. The molecule has 0 aromatic heterocycles. The zero-order chi connectivity index (χ0) is 18.5. The van der Waals surface area contributed by atoms with Gasteiger partial charge in [-0.1, -0.05) is 24.1 Å². The van der Waals surface area contributed by atoms with E-state index in [4.69, 9.17) is 17.3 Å². The first-order valence-electron chi connectivity index (χ1n) is 9.64. The summed E-state index contributed by atoms with van der Waals surface area (Å²) in [7, 11) is 0. The number of rotatable bonds is 5. The molecular weight excluding hydrogens is 350 g/mol. The highest BCUT2D eigenvalue weighted by molar-refractivity contribution is 6.33. The van der Waals surface area contributed by atoms with E-state index in [1.54, 1.807) is 12.1 Å². The number of amides is 2. The molecule has 2 fully saturated rings.